The summed E-state index contributed by atoms with van der Waals surface area (Å²) in [4.78, 5) is 16.5. The molecular formula is C17H17N3O. The number of nitrogens with one attached hydrogen (secondary N) is 1. The number of carbonyl (C=O) groups is 1. The van der Waals surface area contributed by atoms with Gasteiger partial charge in [0, 0.05) is 36.9 Å². The van der Waals surface area contributed by atoms with Gasteiger partial charge < -0.3 is 9.88 Å². The minimum atomic E-state index is -0.0601. The van der Waals surface area contributed by atoms with Crippen LogP contribution in [0.25, 0.3) is 10.9 Å². The molecule has 2 aromatic heterocycles. The van der Waals surface area contributed by atoms with Gasteiger partial charge in [0.2, 0.25) is 0 Å². The third kappa shape index (κ3) is 2.40. The van der Waals surface area contributed by atoms with Gasteiger partial charge in [-0.1, -0.05) is 24.3 Å². The van der Waals surface area contributed by atoms with Gasteiger partial charge in [0.05, 0.1) is 0 Å². The Morgan fingerprint density at radius 3 is 2.76 bits per heavy atom. The Hall–Kier alpha value is -2.62. The van der Waals surface area contributed by atoms with Gasteiger partial charge in [0.15, 0.2) is 0 Å². The summed E-state index contributed by atoms with van der Waals surface area (Å²) in [6, 6.07) is 11.9. The van der Waals surface area contributed by atoms with Gasteiger partial charge >= 0.3 is 0 Å². The molecule has 0 saturated heterocycles. The molecule has 1 aromatic carbocycles. The van der Waals surface area contributed by atoms with E-state index in [0.29, 0.717) is 12.2 Å². The smallest absolute Gasteiger partial charge is 0.268 e. The SMILES string of the molecule is Cc1c(C(=O)NCc2cccnc2)n(C)c2ccccc12. The molecule has 0 bridgehead atoms. The number of nitrogens with zero attached hydrogens (tertiary/aromatic N) is 2. The topological polar surface area (TPSA) is 46.9 Å². The Bertz CT molecular complexity index is 751. The zero-order valence-corrected chi connectivity index (χ0v) is 12.1. The van der Waals surface area contributed by atoms with Crippen molar-refractivity contribution in [1.82, 2.24) is 14.9 Å². The summed E-state index contributed by atoms with van der Waals surface area (Å²) in [6.45, 7) is 2.47. The summed E-state index contributed by atoms with van der Waals surface area (Å²) >= 11 is 0. The zero-order valence-electron chi connectivity index (χ0n) is 12.1. The number of aromatic nitrogens is 2. The molecule has 0 unspecified atom stereocenters. The van der Waals surface area contributed by atoms with Crippen LogP contribution in [-0.4, -0.2) is 15.5 Å². The Morgan fingerprint density at radius 2 is 2.05 bits per heavy atom. The van der Waals surface area contributed by atoms with Gasteiger partial charge in [-0.2, -0.15) is 0 Å². The molecule has 106 valence electrons. The van der Waals surface area contributed by atoms with E-state index in [1.54, 1.807) is 12.4 Å². The molecule has 0 aliphatic rings. The van der Waals surface area contributed by atoms with Crippen molar-refractivity contribution in [2.45, 2.75) is 13.5 Å². The number of aryl methyl sites for hydroxylation is 2. The molecule has 0 aliphatic heterocycles. The normalized spacial score (nSPS) is 10.8. The Kier molecular flexibility index (Phi) is 3.44. The predicted octanol–water partition coefficient (Wildman–Crippen LogP) is 2.81. The van der Waals surface area contributed by atoms with Crippen molar-refractivity contribution >= 4 is 16.8 Å². The van der Waals surface area contributed by atoms with Gasteiger partial charge in [-0.3, -0.25) is 9.78 Å². The van der Waals surface area contributed by atoms with Crippen molar-refractivity contribution in [3.63, 3.8) is 0 Å². The maximum absolute atomic E-state index is 12.5. The van der Waals surface area contributed by atoms with Crippen LogP contribution in [0.4, 0.5) is 0 Å². The van der Waals surface area contributed by atoms with Gasteiger partial charge in [-0.15, -0.1) is 0 Å². The third-order valence-corrected chi connectivity index (χ3v) is 3.75. The molecule has 21 heavy (non-hydrogen) atoms. The van der Waals surface area contributed by atoms with Crippen LogP contribution in [-0.2, 0) is 13.6 Å². The van der Waals surface area contributed by atoms with E-state index < -0.39 is 0 Å². The van der Waals surface area contributed by atoms with Crippen LogP contribution in [0.15, 0.2) is 48.8 Å². The number of pyridine rings is 1. The lowest BCUT2D eigenvalue weighted by Crippen LogP contribution is -2.25. The number of amides is 1. The standard InChI is InChI=1S/C17H17N3O/c1-12-14-7-3-4-8-15(14)20(2)16(12)17(21)19-11-13-6-5-9-18-10-13/h3-10H,11H2,1-2H3,(H,19,21). The maximum atomic E-state index is 12.5. The first-order chi connectivity index (χ1) is 10.2. The van der Waals surface area contributed by atoms with Crippen LogP contribution in [0.3, 0.4) is 0 Å². The van der Waals surface area contributed by atoms with Crippen molar-refractivity contribution < 1.29 is 4.79 Å². The molecule has 0 atom stereocenters. The van der Waals surface area contributed by atoms with E-state index in [0.717, 1.165) is 22.0 Å². The van der Waals surface area contributed by atoms with Gasteiger partial charge in [-0.05, 0) is 30.2 Å². The summed E-state index contributed by atoms with van der Waals surface area (Å²) in [5.74, 6) is -0.0601. The number of rotatable bonds is 3. The fraction of sp³-hybridized carbons (Fsp3) is 0.176. The second kappa shape index (κ2) is 5.40. The minimum absolute atomic E-state index is 0.0601. The fourth-order valence-electron chi connectivity index (χ4n) is 2.67. The molecule has 0 fully saturated rings. The van der Waals surface area contributed by atoms with Crippen LogP contribution in [0.1, 0.15) is 21.6 Å². The molecule has 1 N–H and O–H groups in total. The summed E-state index contributed by atoms with van der Waals surface area (Å²) in [5, 5.41) is 4.08. The third-order valence-electron chi connectivity index (χ3n) is 3.75. The number of benzene rings is 1. The molecule has 0 spiro atoms. The van der Waals surface area contributed by atoms with E-state index >= 15 is 0 Å². The van der Waals surface area contributed by atoms with E-state index in [2.05, 4.69) is 10.3 Å². The van der Waals surface area contributed by atoms with E-state index in [-0.39, 0.29) is 5.91 Å². The average molecular weight is 279 g/mol. The first-order valence-electron chi connectivity index (χ1n) is 6.89. The molecular weight excluding hydrogens is 262 g/mol. The molecule has 4 nitrogen and oxygen atoms in total. The van der Waals surface area contributed by atoms with Crippen LogP contribution < -0.4 is 5.32 Å². The highest BCUT2D eigenvalue weighted by Crippen LogP contribution is 2.24. The Morgan fingerprint density at radius 1 is 1.24 bits per heavy atom. The maximum Gasteiger partial charge on any atom is 0.268 e. The summed E-state index contributed by atoms with van der Waals surface area (Å²) in [6.07, 6.45) is 3.48. The number of fused-ring (bicyclic) bond motifs is 1. The first-order valence-corrected chi connectivity index (χ1v) is 6.89. The minimum Gasteiger partial charge on any atom is -0.347 e. The molecule has 3 aromatic rings. The van der Waals surface area contributed by atoms with Crippen molar-refractivity contribution in [3.05, 3.63) is 65.6 Å². The second-order valence-electron chi connectivity index (χ2n) is 5.09. The highest BCUT2D eigenvalue weighted by Gasteiger charge is 2.17. The average Bonchev–Trinajstić information content (AvgIpc) is 2.78. The molecule has 4 heteroatoms. The van der Waals surface area contributed by atoms with Gasteiger partial charge in [0.25, 0.3) is 5.91 Å². The Balaban J connectivity index is 1.88. The zero-order chi connectivity index (χ0) is 14.8. The van der Waals surface area contributed by atoms with E-state index in [9.17, 15) is 4.79 Å². The van der Waals surface area contributed by atoms with E-state index in [1.165, 1.54) is 0 Å². The molecule has 3 rings (SSSR count). The van der Waals surface area contributed by atoms with E-state index in [1.807, 2.05) is 54.9 Å². The van der Waals surface area contributed by atoms with Crippen LogP contribution in [0.5, 0.6) is 0 Å². The summed E-state index contributed by atoms with van der Waals surface area (Å²) in [7, 11) is 1.92. The lowest BCUT2D eigenvalue weighted by atomic mass is 10.1. The van der Waals surface area contributed by atoms with Crippen LogP contribution >= 0.6 is 0 Å². The van der Waals surface area contributed by atoms with Crippen molar-refractivity contribution in [2.24, 2.45) is 7.05 Å². The number of hydrogen-bond donors (Lipinski definition) is 1. The van der Waals surface area contributed by atoms with E-state index in [4.69, 9.17) is 0 Å². The number of carbonyl (C=O) groups excluding carboxylic acids is 1. The largest absolute Gasteiger partial charge is 0.347 e. The van der Waals surface area contributed by atoms with Crippen molar-refractivity contribution in [3.8, 4) is 0 Å². The lowest BCUT2D eigenvalue weighted by Gasteiger charge is -2.07. The predicted molar refractivity (Wildman–Crippen MR) is 83.1 cm³/mol. The molecule has 0 radical (unpaired) electrons. The monoisotopic (exact) mass is 279 g/mol. The van der Waals surface area contributed by atoms with Gasteiger partial charge in [-0.25, -0.2) is 0 Å². The van der Waals surface area contributed by atoms with Crippen LogP contribution in [0, 0.1) is 6.92 Å². The summed E-state index contributed by atoms with van der Waals surface area (Å²) in [5.41, 5.74) is 3.78. The number of para-hydroxylation sites is 1. The second-order valence-corrected chi connectivity index (χ2v) is 5.09. The highest BCUT2D eigenvalue weighted by atomic mass is 16.1. The number of hydrogen-bond acceptors (Lipinski definition) is 2. The van der Waals surface area contributed by atoms with Gasteiger partial charge in [0.1, 0.15) is 5.69 Å². The lowest BCUT2D eigenvalue weighted by molar-refractivity contribution is 0.0942. The molecule has 0 aliphatic carbocycles. The Labute approximate surface area is 123 Å². The van der Waals surface area contributed by atoms with Crippen molar-refractivity contribution in [2.75, 3.05) is 0 Å². The fourth-order valence-corrected chi connectivity index (χ4v) is 2.67. The molecule has 0 saturated carbocycles. The summed E-state index contributed by atoms with van der Waals surface area (Å²) < 4.78 is 1.95. The molecule has 1 amide bonds. The van der Waals surface area contributed by atoms with Crippen molar-refractivity contribution in [1.29, 1.82) is 0 Å². The van der Waals surface area contributed by atoms with Crippen LogP contribution in [0.2, 0.25) is 0 Å². The highest BCUT2D eigenvalue weighted by molar-refractivity contribution is 6.01. The molecule has 2 heterocycles. The first kappa shape index (κ1) is 13.4. The quantitative estimate of drug-likeness (QED) is 0.801.